The molecule has 0 spiro atoms. The summed E-state index contributed by atoms with van der Waals surface area (Å²) in [6.45, 7) is 0.430. The maximum atomic E-state index is 10.3. The number of benzene rings is 2. The van der Waals surface area contributed by atoms with Gasteiger partial charge in [0.1, 0.15) is 11.4 Å². The molecule has 2 aromatic carbocycles. The first-order valence-electron chi connectivity index (χ1n) is 5.68. The second kappa shape index (κ2) is 5.69. The van der Waals surface area contributed by atoms with Gasteiger partial charge in [0.2, 0.25) is 0 Å². The van der Waals surface area contributed by atoms with Gasteiger partial charge in [-0.1, -0.05) is 18.1 Å². The van der Waals surface area contributed by atoms with Crippen LogP contribution in [0.4, 0.5) is 11.4 Å². The van der Waals surface area contributed by atoms with Gasteiger partial charge in [-0.05, 0) is 29.4 Å². The van der Waals surface area contributed by atoms with E-state index in [0.29, 0.717) is 12.1 Å². The molecule has 0 bridgehead atoms. The van der Waals surface area contributed by atoms with Crippen LogP contribution >= 0.6 is 0 Å². The average molecular weight is 252 g/mol. The van der Waals surface area contributed by atoms with Gasteiger partial charge in [0, 0.05) is 29.4 Å². The van der Waals surface area contributed by atoms with E-state index in [2.05, 4.69) is 16.4 Å². The van der Waals surface area contributed by atoms with Crippen LogP contribution in [0.3, 0.4) is 0 Å². The van der Waals surface area contributed by atoms with Crippen molar-refractivity contribution < 1.29 is 5.11 Å². The van der Waals surface area contributed by atoms with E-state index in [1.807, 2.05) is 24.3 Å². The number of hydrogen-bond donors (Lipinski definition) is 2. The van der Waals surface area contributed by atoms with E-state index in [0.717, 1.165) is 11.3 Å². The number of phenolic OH excluding ortho intramolecular Hbond substituents is 1. The lowest BCUT2D eigenvalue weighted by Crippen LogP contribution is -1.99. The summed E-state index contributed by atoms with van der Waals surface area (Å²) >= 11 is 0. The van der Waals surface area contributed by atoms with Gasteiger partial charge in [-0.2, -0.15) is 0 Å². The number of nitrogens with zero attached hydrogens (tertiary/aromatic N) is 1. The van der Waals surface area contributed by atoms with E-state index in [9.17, 15) is 10.0 Å². The van der Waals surface area contributed by atoms with E-state index in [1.165, 1.54) is 6.07 Å². The fourth-order valence-corrected chi connectivity index (χ4v) is 1.67. The lowest BCUT2D eigenvalue weighted by molar-refractivity contribution is 0.469. The first kappa shape index (κ1) is 12.7. The van der Waals surface area contributed by atoms with Crippen molar-refractivity contribution in [2.75, 3.05) is 5.32 Å². The average Bonchev–Trinajstić information content (AvgIpc) is 2.46. The molecule has 0 saturated heterocycles. The van der Waals surface area contributed by atoms with E-state index in [-0.39, 0.29) is 11.4 Å². The minimum absolute atomic E-state index is 0.0395. The van der Waals surface area contributed by atoms with Gasteiger partial charge < -0.3 is 10.4 Å². The standard InChI is InChI=1S/C15H12N2O2/c1-2-11-4-3-5-13(8-11)16-10-12-6-7-14(17-19)9-15(12)18/h1,3-9,16,18H,10H2. The Labute approximate surface area is 111 Å². The van der Waals surface area contributed by atoms with Gasteiger partial charge in [-0.15, -0.1) is 11.3 Å². The third-order valence-electron chi connectivity index (χ3n) is 2.69. The number of aromatic hydroxyl groups is 1. The maximum Gasteiger partial charge on any atom is 0.122 e. The molecule has 0 aliphatic carbocycles. The summed E-state index contributed by atoms with van der Waals surface area (Å²) in [5.41, 5.74) is 2.54. The van der Waals surface area contributed by atoms with Crippen LogP contribution in [-0.2, 0) is 6.54 Å². The molecular weight excluding hydrogens is 240 g/mol. The van der Waals surface area contributed by atoms with Crippen molar-refractivity contribution in [2.24, 2.45) is 5.18 Å². The molecular formula is C15H12N2O2. The van der Waals surface area contributed by atoms with Crippen LogP contribution in [0, 0.1) is 17.3 Å². The predicted octanol–water partition coefficient (Wildman–Crippen LogP) is 3.38. The molecule has 2 rings (SSSR count). The lowest BCUT2D eigenvalue weighted by atomic mass is 10.1. The van der Waals surface area contributed by atoms with Crippen LogP contribution in [0.2, 0.25) is 0 Å². The topological polar surface area (TPSA) is 61.7 Å². The van der Waals surface area contributed by atoms with E-state index in [1.54, 1.807) is 12.1 Å². The molecule has 0 aromatic heterocycles. The Morgan fingerprint density at radius 2 is 2.11 bits per heavy atom. The molecule has 0 aliphatic heterocycles. The second-order valence-electron chi connectivity index (χ2n) is 3.98. The van der Waals surface area contributed by atoms with Gasteiger partial charge in [-0.25, -0.2) is 0 Å². The van der Waals surface area contributed by atoms with Gasteiger partial charge in [0.15, 0.2) is 0 Å². The van der Waals surface area contributed by atoms with E-state index in [4.69, 9.17) is 6.42 Å². The smallest absolute Gasteiger partial charge is 0.122 e. The number of nitroso groups, excluding NO2 is 1. The van der Waals surface area contributed by atoms with Crippen molar-refractivity contribution in [2.45, 2.75) is 6.54 Å². The van der Waals surface area contributed by atoms with E-state index < -0.39 is 0 Å². The summed E-state index contributed by atoms with van der Waals surface area (Å²) in [6, 6.07) is 12.0. The first-order chi connectivity index (χ1) is 9.22. The highest BCUT2D eigenvalue weighted by atomic mass is 16.3. The molecule has 0 amide bonds. The molecule has 4 heteroatoms. The molecule has 0 saturated carbocycles. The van der Waals surface area contributed by atoms with Crippen LogP contribution in [0.1, 0.15) is 11.1 Å². The molecule has 94 valence electrons. The zero-order chi connectivity index (χ0) is 13.7. The van der Waals surface area contributed by atoms with Crippen molar-refractivity contribution in [1.82, 2.24) is 0 Å². The minimum atomic E-state index is 0.0395. The van der Waals surface area contributed by atoms with Crippen LogP contribution in [-0.4, -0.2) is 5.11 Å². The normalized spacial score (nSPS) is 9.63. The molecule has 0 heterocycles. The molecule has 0 aliphatic rings. The molecule has 2 N–H and O–H groups in total. The Morgan fingerprint density at radius 1 is 1.26 bits per heavy atom. The largest absolute Gasteiger partial charge is 0.508 e. The van der Waals surface area contributed by atoms with Gasteiger partial charge in [0.05, 0.1) is 0 Å². The number of terminal acetylenes is 1. The Morgan fingerprint density at radius 3 is 2.79 bits per heavy atom. The Kier molecular flexibility index (Phi) is 3.79. The highest BCUT2D eigenvalue weighted by Gasteiger charge is 2.03. The number of nitrogens with one attached hydrogen (secondary N) is 1. The minimum Gasteiger partial charge on any atom is -0.508 e. The summed E-state index contributed by atoms with van der Waals surface area (Å²) in [4.78, 5) is 10.3. The van der Waals surface area contributed by atoms with Crippen molar-refractivity contribution in [3.05, 3.63) is 58.5 Å². The Hall–Kier alpha value is -2.80. The predicted molar refractivity (Wildman–Crippen MR) is 75.3 cm³/mol. The summed E-state index contributed by atoms with van der Waals surface area (Å²) in [6.07, 6.45) is 5.32. The van der Waals surface area contributed by atoms with Crippen LogP contribution in [0.5, 0.6) is 5.75 Å². The number of anilines is 1. The molecule has 0 radical (unpaired) electrons. The highest BCUT2D eigenvalue weighted by Crippen LogP contribution is 2.24. The zero-order valence-corrected chi connectivity index (χ0v) is 10.1. The molecule has 0 atom stereocenters. The summed E-state index contributed by atoms with van der Waals surface area (Å²) in [5, 5.41) is 15.6. The summed E-state index contributed by atoms with van der Waals surface area (Å²) < 4.78 is 0. The fraction of sp³-hybridized carbons (Fsp3) is 0.0667. The van der Waals surface area contributed by atoms with Gasteiger partial charge in [0.25, 0.3) is 0 Å². The van der Waals surface area contributed by atoms with Crippen molar-refractivity contribution >= 4 is 11.4 Å². The number of hydrogen-bond acceptors (Lipinski definition) is 4. The Bertz CT molecular complexity index is 645. The van der Waals surface area contributed by atoms with Crippen LogP contribution in [0.25, 0.3) is 0 Å². The Balaban J connectivity index is 2.10. The second-order valence-corrected chi connectivity index (χ2v) is 3.98. The SMILES string of the molecule is C#Cc1cccc(NCc2ccc(N=O)cc2O)c1. The van der Waals surface area contributed by atoms with Crippen molar-refractivity contribution in [3.8, 4) is 18.1 Å². The third-order valence-corrected chi connectivity index (χ3v) is 2.69. The number of rotatable bonds is 4. The van der Waals surface area contributed by atoms with Gasteiger partial charge >= 0.3 is 0 Å². The van der Waals surface area contributed by atoms with E-state index >= 15 is 0 Å². The monoisotopic (exact) mass is 252 g/mol. The quantitative estimate of drug-likeness (QED) is 0.647. The fourth-order valence-electron chi connectivity index (χ4n) is 1.67. The van der Waals surface area contributed by atoms with Crippen LogP contribution in [0.15, 0.2) is 47.6 Å². The number of phenols is 1. The molecule has 0 fully saturated rings. The van der Waals surface area contributed by atoms with Crippen LogP contribution < -0.4 is 5.32 Å². The highest BCUT2D eigenvalue weighted by molar-refractivity contribution is 5.52. The molecule has 2 aromatic rings. The molecule has 4 nitrogen and oxygen atoms in total. The molecule has 19 heavy (non-hydrogen) atoms. The van der Waals surface area contributed by atoms with Gasteiger partial charge in [-0.3, -0.25) is 0 Å². The third kappa shape index (κ3) is 3.11. The van der Waals surface area contributed by atoms with Crippen molar-refractivity contribution in [1.29, 1.82) is 0 Å². The zero-order valence-electron chi connectivity index (χ0n) is 10.1. The van der Waals surface area contributed by atoms with Crippen molar-refractivity contribution in [3.63, 3.8) is 0 Å². The maximum absolute atomic E-state index is 10.3. The lowest BCUT2D eigenvalue weighted by Gasteiger charge is -2.08. The molecule has 0 unspecified atom stereocenters. The summed E-state index contributed by atoms with van der Waals surface area (Å²) in [5.74, 6) is 2.60. The summed E-state index contributed by atoms with van der Waals surface area (Å²) in [7, 11) is 0. The first-order valence-corrected chi connectivity index (χ1v) is 5.68.